The first-order valence-electron chi connectivity index (χ1n) is 7.96. The van der Waals surface area contributed by atoms with Crippen molar-refractivity contribution in [1.29, 1.82) is 0 Å². The van der Waals surface area contributed by atoms with Crippen molar-refractivity contribution in [3.05, 3.63) is 60.2 Å². The molecule has 0 atom stereocenters. The molecule has 1 N–H and O–H groups in total. The average molecular weight is 368 g/mol. The maximum absolute atomic E-state index is 12.0. The van der Waals surface area contributed by atoms with E-state index in [0.29, 0.717) is 22.7 Å². The summed E-state index contributed by atoms with van der Waals surface area (Å²) in [5.74, 6) is -0.0114. The van der Waals surface area contributed by atoms with E-state index in [-0.39, 0.29) is 19.0 Å². The van der Waals surface area contributed by atoms with Gasteiger partial charge in [0.25, 0.3) is 11.8 Å². The lowest BCUT2D eigenvalue weighted by atomic mass is 10.2. The summed E-state index contributed by atoms with van der Waals surface area (Å²) in [6.07, 6.45) is 3.22. The predicted octanol–water partition coefficient (Wildman–Crippen LogP) is 1.61. The number of esters is 1. The van der Waals surface area contributed by atoms with Crippen molar-refractivity contribution in [1.82, 2.24) is 20.4 Å². The second-order valence-electron chi connectivity index (χ2n) is 5.33. The van der Waals surface area contributed by atoms with Crippen molar-refractivity contribution < 1.29 is 23.6 Å². The number of methoxy groups -OCH3 is 1. The van der Waals surface area contributed by atoms with Crippen molar-refractivity contribution in [2.45, 2.75) is 6.61 Å². The number of carbonyl (C=O) groups excluding carboxylic acids is 2. The van der Waals surface area contributed by atoms with Crippen molar-refractivity contribution in [2.24, 2.45) is 0 Å². The zero-order valence-corrected chi connectivity index (χ0v) is 14.4. The number of benzene rings is 1. The quantitative estimate of drug-likeness (QED) is 0.625. The van der Waals surface area contributed by atoms with Gasteiger partial charge in [-0.1, -0.05) is 11.2 Å². The van der Waals surface area contributed by atoms with Crippen LogP contribution in [0.3, 0.4) is 0 Å². The third-order valence-electron chi connectivity index (χ3n) is 3.47. The summed E-state index contributed by atoms with van der Waals surface area (Å²) in [7, 11) is 1.51. The lowest BCUT2D eigenvalue weighted by Crippen LogP contribution is -2.30. The molecule has 9 heteroatoms. The molecule has 27 heavy (non-hydrogen) atoms. The molecule has 3 aromatic rings. The number of pyridine rings is 1. The zero-order chi connectivity index (χ0) is 19.1. The Morgan fingerprint density at radius 3 is 2.89 bits per heavy atom. The van der Waals surface area contributed by atoms with Crippen LogP contribution in [0, 0.1) is 0 Å². The van der Waals surface area contributed by atoms with Crippen LogP contribution in [-0.4, -0.2) is 40.7 Å². The Bertz CT molecular complexity index is 926. The normalized spacial score (nSPS) is 10.3. The van der Waals surface area contributed by atoms with E-state index < -0.39 is 11.9 Å². The van der Waals surface area contributed by atoms with Crippen LogP contribution in [0.4, 0.5) is 0 Å². The van der Waals surface area contributed by atoms with E-state index in [1.807, 2.05) is 0 Å². The van der Waals surface area contributed by atoms with Gasteiger partial charge in [0.15, 0.2) is 6.61 Å². The van der Waals surface area contributed by atoms with E-state index in [1.165, 1.54) is 7.11 Å². The number of carbonyl (C=O) groups is 2. The summed E-state index contributed by atoms with van der Waals surface area (Å²) < 4.78 is 15.1. The number of aromatic nitrogens is 3. The van der Waals surface area contributed by atoms with E-state index in [0.717, 1.165) is 0 Å². The van der Waals surface area contributed by atoms with Crippen LogP contribution in [0.1, 0.15) is 16.2 Å². The zero-order valence-electron chi connectivity index (χ0n) is 14.4. The highest BCUT2D eigenvalue weighted by molar-refractivity contribution is 5.96. The fraction of sp³-hybridized carbons (Fsp3) is 0.167. The Balaban J connectivity index is 1.47. The fourth-order valence-electron chi connectivity index (χ4n) is 2.14. The summed E-state index contributed by atoms with van der Waals surface area (Å²) in [4.78, 5) is 31.9. The lowest BCUT2D eigenvalue weighted by molar-refractivity contribution is -0.144. The first-order valence-corrected chi connectivity index (χ1v) is 7.96. The first-order chi connectivity index (χ1) is 13.2. The molecular formula is C18H16N4O5. The van der Waals surface area contributed by atoms with E-state index in [9.17, 15) is 9.59 Å². The van der Waals surface area contributed by atoms with Gasteiger partial charge in [0, 0.05) is 23.5 Å². The molecule has 0 bridgehead atoms. The topological polar surface area (TPSA) is 116 Å². The molecule has 1 aromatic carbocycles. The Hall–Kier alpha value is -3.75. The van der Waals surface area contributed by atoms with Gasteiger partial charge in [-0.25, -0.2) is 0 Å². The van der Waals surface area contributed by atoms with Gasteiger partial charge in [-0.3, -0.25) is 14.6 Å². The van der Waals surface area contributed by atoms with Crippen molar-refractivity contribution in [3.63, 3.8) is 0 Å². The largest absolute Gasteiger partial charge is 0.497 e. The Kier molecular flexibility index (Phi) is 5.73. The molecule has 0 saturated heterocycles. The number of ether oxygens (including phenoxy) is 2. The highest BCUT2D eigenvalue weighted by Gasteiger charge is 2.13. The van der Waals surface area contributed by atoms with Crippen LogP contribution in [-0.2, 0) is 16.1 Å². The molecular weight excluding hydrogens is 352 g/mol. The van der Waals surface area contributed by atoms with Gasteiger partial charge in [-0.2, -0.15) is 4.98 Å². The summed E-state index contributed by atoms with van der Waals surface area (Å²) in [6.45, 7) is -0.485. The summed E-state index contributed by atoms with van der Waals surface area (Å²) >= 11 is 0. The van der Waals surface area contributed by atoms with Gasteiger partial charge >= 0.3 is 5.97 Å². The van der Waals surface area contributed by atoms with Gasteiger partial charge in [0.1, 0.15) is 12.3 Å². The summed E-state index contributed by atoms with van der Waals surface area (Å²) in [6, 6.07) is 10.1. The SMILES string of the molecule is COc1cccc(C(=O)NCC(=O)OCc2nc(-c3cccnc3)no2)c1. The van der Waals surface area contributed by atoms with Crippen LogP contribution in [0.2, 0.25) is 0 Å². The van der Waals surface area contributed by atoms with Gasteiger partial charge in [-0.05, 0) is 30.3 Å². The molecule has 0 aliphatic heterocycles. The Labute approximate surface area is 154 Å². The van der Waals surface area contributed by atoms with Gasteiger partial charge in [0.2, 0.25) is 5.82 Å². The van der Waals surface area contributed by atoms with Gasteiger partial charge in [-0.15, -0.1) is 0 Å². The average Bonchev–Trinajstić information content (AvgIpc) is 3.20. The van der Waals surface area contributed by atoms with E-state index >= 15 is 0 Å². The predicted molar refractivity (Wildman–Crippen MR) is 92.7 cm³/mol. The minimum Gasteiger partial charge on any atom is -0.497 e. The van der Waals surface area contributed by atoms with E-state index in [1.54, 1.807) is 48.8 Å². The van der Waals surface area contributed by atoms with Crippen LogP contribution in [0.25, 0.3) is 11.4 Å². The molecule has 0 aliphatic carbocycles. The molecule has 2 heterocycles. The number of hydrogen-bond donors (Lipinski definition) is 1. The Morgan fingerprint density at radius 2 is 2.11 bits per heavy atom. The third-order valence-corrected chi connectivity index (χ3v) is 3.47. The molecule has 0 unspecified atom stereocenters. The monoisotopic (exact) mass is 368 g/mol. The molecule has 0 fully saturated rings. The fourth-order valence-corrected chi connectivity index (χ4v) is 2.14. The van der Waals surface area contributed by atoms with E-state index in [4.69, 9.17) is 14.0 Å². The van der Waals surface area contributed by atoms with Gasteiger partial charge < -0.3 is 19.3 Å². The second kappa shape index (κ2) is 8.56. The highest BCUT2D eigenvalue weighted by Crippen LogP contribution is 2.14. The summed E-state index contributed by atoms with van der Waals surface area (Å²) in [5, 5.41) is 6.27. The minimum absolute atomic E-state index is 0.140. The molecule has 9 nitrogen and oxygen atoms in total. The van der Waals surface area contributed by atoms with Crippen molar-refractivity contribution >= 4 is 11.9 Å². The molecule has 138 valence electrons. The molecule has 1 amide bonds. The van der Waals surface area contributed by atoms with Crippen LogP contribution < -0.4 is 10.1 Å². The third kappa shape index (κ3) is 4.88. The maximum Gasteiger partial charge on any atom is 0.325 e. The molecule has 2 aromatic heterocycles. The van der Waals surface area contributed by atoms with Crippen LogP contribution in [0.15, 0.2) is 53.3 Å². The molecule has 0 saturated carbocycles. The van der Waals surface area contributed by atoms with Crippen LogP contribution in [0.5, 0.6) is 5.75 Å². The van der Waals surface area contributed by atoms with Crippen molar-refractivity contribution in [3.8, 4) is 17.1 Å². The van der Waals surface area contributed by atoms with Gasteiger partial charge in [0.05, 0.1) is 7.11 Å². The number of nitrogens with one attached hydrogen (secondary N) is 1. The molecule has 0 spiro atoms. The lowest BCUT2D eigenvalue weighted by Gasteiger charge is -2.06. The number of amides is 1. The molecule has 0 radical (unpaired) electrons. The number of nitrogens with zero attached hydrogens (tertiary/aromatic N) is 3. The highest BCUT2D eigenvalue weighted by atomic mass is 16.6. The minimum atomic E-state index is -0.632. The Morgan fingerprint density at radius 1 is 1.22 bits per heavy atom. The smallest absolute Gasteiger partial charge is 0.325 e. The maximum atomic E-state index is 12.0. The van der Waals surface area contributed by atoms with Crippen LogP contribution >= 0.6 is 0 Å². The number of rotatable bonds is 7. The second-order valence-corrected chi connectivity index (χ2v) is 5.33. The number of hydrogen-bond acceptors (Lipinski definition) is 8. The standard InChI is InChI=1S/C18H16N4O5/c1-25-14-6-2-4-12(8-14)18(24)20-10-16(23)26-11-15-21-17(22-27-15)13-5-3-7-19-9-13/h2-9H,10-11H2,1H3,(H,20,24). The molecule has 3 rings (SSSR count). The van der Waals surface area contributed by atoms with E-state index in [2.05, 4.69) is 20.4 Å². The molecule has 0 aliphatic rings. The summed E-state index contributed by atoms with van der Waals surface area (Å²) in [5.41, 5.74) is 1.06. The first kappa shape index (κ1) is 18.1. The van der Waals surface area contributed by atoms with Crippen molar-refractivity contribution in [2.75, 3.05) is 13.7 Å².